The summed E-state index contributed by atoms with van der Waals surface area (Å²) < 4.78 is 11.3. The number of hydrogen-bond donors (Lipinski definition) is 1. The Bertz CT molecular complexity index is 600. The van der Waals surface area contributed by atoms with Crippen molar-refractivity contribution >= 4 is 17.8 Å². The maximum atomic E-state index is 12.4. The minimum absolute atomic E-state index is 0.0343. The molecule has 0 radical (unpaired) electrons. The van der Waals surface area contributed by atoms with Crippen molar-refractivity contribution in [3.63, 3.8) is 0 Å². The van der Waals surface area contributed by atoms with Crippen molar-refractivity contribution in [1.82, 2.24) is 24.8 Å². The van der Waals surface area contributed by atoms with Crippen LogP contribution in [0.5, 0.6) is 0 Å². The predicted octanol–water partition coefficient (Wildman–Crippen LogP) is -0.263. The van der Waals surface area contributed by atoms with E-state index in [-0.39, 0.29) is 18.5 Å². The zero-order valence-electron chi connectivity index (χ0n) is 13.9. The number of carbonyl (C=O) groups is 2. The van der Waals surface area contributed by atoms with E-state index >= 15 is 0 Å². The Morgan fingerprint density at radius 3 is 2.58 bits per heavy atom. The lowest BCUT2D eigenvalue weighted by molar-refractivity contribution is -0.187. The molecule has 10 nitrogen and oxygen atoms in total. The van der Waals surface area contributed by atoms with Crippen LogP contribution in [0.1, 0.15) is 12.8 Å². The summed E-state index contributed by atoms with van der Waals surface area (Å²) in [6, 6.07) is -0.300. The van der Waals surface area contributed by atoms with Crippen molar-refractivity contribution in [3.8, 4) is 0 Å². The van der Waals surface area contributed by atoms with Gasteiger partial charge in [0.05, 0.1) is 19.4 Å². The van der Waals surface area contributed by atoms with Crippen LogP contribution < -0.4 is 5.32 Å². The molecular weight excluding hydrogens is 316 g/mol. The van der Waals surface area contributed by atoms with Gasteiger partial charge < -0.3 is 19.3 Å². The van der Waals surface area contributed by atoms with Crippen LogP contribution in [-0.4, -0.2) is 82.9 Å². The van der Waals surface area contributed by atoms with E-state index in [9.17, 15) is 9.59 Å². The predicted molar refractivity (Wildman–Crippen MR) is 83.2 cm³/mol. The molecule has 0 unspecified atom stereocenters. The van der Waals surface area contributed by atoms with Gasteiger partial charge in [0.2, 0.25) is 5.91 Å². The highest BCUT2D eigenvalue weighted by Gasteiger charge is 2.40. The van der Waals surface area contributed by atoms with Crippen LogP contribution in [0.2, 0.25) is 0 Å². The molecule has 1 aromatic heterocycles. The average molecular weight is 338 g/mol. The second-order valence-electron chi connectivity index (χ2n) is 6.07. The maximum Gasteiger partial charge on any atom is 0.322 e. The van der Waals surface area contributed by atoms with Gasteiger partial charge in [-0.05, 0) is 0 Å². The molecule has 3 amide bonds. The minimum atomic E-state index is -0.496. The molecule has 3 heterocycles. The van der Waals surface area contributed by atoms with Gasteiger partial charge in [-0.2, -0.15) is 9.90 Å². The first-order valence-corrected chi connectivity index (χ1v) is 7.92. The second kappa shape index (κ2) is 6.73. The van der Waals surface area contributed by atoms with E-state index in [1.54, 1.807) is 19.0 Å². The molecule has 2 fully saturated rings. The normalized spacial score (nSPS) is 19.5. The quantitative estimate of drug-likeness (QED) is 0.814. The van der Waals surface area contributed by atoms with Crippen LogP contribution in [0.15, 0.2) is 6.20 Å². The van der Waals surface area contributed by atoms with Gasteiger partial charge in [0.15, 0.2) is 11.6 Å². The average Bonchev–Trinajstić information content (AvgIpc) is 3.18. The van der Waals surface area contributed by atoms with Crippen molar-refractivity contribution in [3.05, 3.63) is 6.20 Å². The van der Waals surface area contributed by atoms with Crippen molar-refractivity contribution in [2.24, 2.45) is 0 Å². The van der Waals surface area contributed by atoms with E-state index in [1.807, 2.05) is 0 Å². The van der Waals surface area contributed by atoms with E-state index < -0.39 is 5.79 Å². The van der Waals surface area contributed by atoms with Gasteiger partial charge in [0.1, 0.15) is 6.54 Å². The lowest BCUT2D eigenvalue weighted by Gasteiger charge is -2.37. The van der Waals surface area contributed by atoms with E-state index in [2.05, 4.69) is 15.5 Å². The number of urea groups is 1. The first-order chi connectivity index (χ1) is 11.5. The SMILES string of the molecule is CN(C)C(=O)Nc1cnn(CC(=O)N2CCC3(CC2)OCCO3)n1. The molecule has 24 heavy (non-hydrogen) atoms. The fourth-order valence-corrected chi connectivity index (χ4v) is 2.76. The van der Waals surface area contributed by atoms with Crippen LogP contribution in [0.3, 0.4) is 0 Å². The molecule has 2 aliphatic heterocycles. The number of likely N-dealkylation sites (tertiary alicyclic amines) is 1. The number of piperidine rings is 1. The fourth-order valence-electron chi connectivity index (χ4n) is 2.76. The number of nitrogens with zero attached hydrogens (tertiary/aromatic N) is 5. The Balaban J connectivity index is 1.50. The van der Waals surface area contributed by atoms with Gasteiger partial charge in [0, 0.05) is 40.0 Å². The summed E-state index contributed by atoms with van der Waals surface area (Å²) in [5.41, 5.74) is 0. The van der Waals surface area contributed by atoms with E-state index in [1.165, 1.54) is 15.9 Å². The van der Waals surface area contributed by atoms with Gasteiger partial charge in [-0.1, -0.05) is 0 Å². The molecule has 3 rings (SSSR count). The molecule has 0 aromatic carbocycles. The second-order valence-corrected chi connectivity index (χ2v) is 6.07. The van der Waals surface area contributed by atoms with Crippen molar-refractivity contribution < 1.29 is 19.1 Å². The Labute approximate surface area is 139 Å². The number of hydrogen-bond acceptors (Lipinski definition) is 6. The third-order valence-corrected chi connectivity index (χ3v) is 4.15. The topological polar surface area (TPSA) is 102 Å². The third kappa shape index (κ3) is 3.65. The summed E-state index contributed by atoms with van der Waals surface area (Å²) >= 11 is 0. The van der Waals surface area contributed by atoms with Crippen molar-refractivity contribution in [1.29, 1.82) is 0 Å². The van der Waals surface area contributed by atoms with Crippen LogP contribution in [0.4, 0.5) is 10.6 Å². The Morgan fingerprint density at radius 1 is 1.29 bits per heavy atom. The lowest BCUT2D eigenvalue weighted by atomic mass is 10.0. The smallest absolute Gasteiger partial charge is 0.322 e. The molecule has 10 heteroatoms. The first kappa shape index (κ1) is 16.7. The number of amides is 3. The number of ether oxygens (including phenoxy) is 2. The van der Waals surface area contributed by atoms with Gasteiger partial charge in [-0.3, -0.25) is 10.1 Å². The highest BCUT2D eigenvalue weighted by molar-refractivity contribution is 5.87. The molecule has 0 bridgehead atoms. The van der Waals surface area contributed by atoms with Crippen LogP contribution in [-0.2, 0) is 20.8 Å². The molecule has 2 saturated heterocycles. The largest absolute Gasteiger partial charge is 0.347 e. The summed E-state index contributed by atoms with van der Waals surface area (Å²) in [5, 5.41) is 10.7. The minimum Gasteiger partial charge on any atom is -0.347 e. The van der Waals surface area contributed by atoms with Crippen LogP contribution >= 0.6 is 0 Å². The van der Waals surface area contributed by atoms with Crippen molar-refractivity contribution in [2.45, 2.75) is 25.2 Å². The highest BCUT2D eigenvalue weighted by Crippen LogP contribution is 2.31. The Morgan fingerprint density at radius 2 is 1.96 bits per heavy atom. The molecule has 132 valence electrons. The molecule has 1 aromatic rings. The van der Waals surface area contributed by atoms with Gasteiger partial charge >= 0.3 is 6.03 Å². The number of nitrogens with one attached hydrogen (secondary N) is 1. The number of anilines is 1. The summed E-state index contributed by atoms with van der Waals surface area (Å²) in [5.74, 6) is -0.250. The highest BCUT2D eigenvalue weighted by atomic mass is 16.7. The summed E-state index contributed by atoms with van der Waals surface area (Å²) in [6.45, 7) is 2.44. The zero-order chi connectivity index (χ0) is 17.2. The summed E-state index contributed by atoms with van der Waals surface area (Å²) in [6.07, 6.45) is 2.77. The van der Waals surface area contributed by atoms with Crippen molar-refractivity contribution in [2.75, 3.05) is 45.7 Å². The third-order valence-electron chi connectivity index (χ3n) is 4.15. The maximum absolute atomic E-state index is 12.4. The number of carbonyl (C=O) groups excluding carboxylic acids is 2. The van der Waals surface area contributed by atoms with E-state index in [0.29, 0.717) is 45.0 Å². The summed E-state index contributed by atoms with van der Waals surface area (Å²) in [4.78, 5) is 28.3. The first-order valence-electron chi connectivity index (χ1n) is 7.92. The van der Waals surface area contributed by atoms with Gasteiger partial charge in [-0.15, -0.1) is 5.10 Å². The van der Waals surface area contributed by atoms with Crippen LogP contribution in [0.25, 0.3) is 0 Å². The number of aromatic nitrogens is 3. The molecule has 2 aliphatic rings. The molecule has 1 spiro atoms. The zero-order valence-corrected chi connectivity index (χ0v) is 13.9. The standard InChI is InChI=1S/C14H22N6O4/c1-18(2)13(22)16-11-9-15-20(17-11)10-12(21)19-5-3-14(4-6-19)23-7-8-24-14/h9H,3-8,10H2,1-2H3,(H,16,17,22). The van der Waals surface area contributed by atoms with Crippen LogP contribution in [0, 0.1) is 0 Å². The van der Waals surface area contributed by atoms with Gasteiger partial charge in [0.25, 0.3) is 0 Å². The Kier molecular flexibility index (Phi) is 4.67. The fraction of sp³-hybridized carbons (Fsp3) is 0.714. The lowest BCUT2D eigenvalue weighted by Crippen LogP contribution is -2.48. The molecular formula is C14H22N6O4. The van der Waals surface area contributed by atoms with E-state index in [0.717, 1.165) is 0 Å². The molecule has 0 atom stereocenters. The molecule has 0 saturated carbocycles. The molecule has 0 aliphatic carbocycles. The number of rotatable bonds is 3. The molecule has 1 N–H and O–H groups in total. The van der Waals surface area contributed by atoms with Gasteiger partial charge in [-0.25, -0.2) is 4.79 Å². The summed E-state index contributed by atoms with van der Waals surface area (Å²) in [7, 11) is 3.26. The monoisotopic (exact) mass is 338 g/mol. The Hall–Kier alpha value is -2.20. The van der Waals surface area contributed by atoms with E-state index in [4.69, 9.17) is 9.47 Å².